The van der Waals surface area contributed by atoms with Gasteiger partial charge in [0.15, 0.2) is 0 Å². The second-order valence-electron chi connectivity index (χ2n) is 8.69. The number of nitrogens with zero attached hydrogens (tertiary/aromatic N) is 1. The maximum atomic E-state index is 6.12. The lowest BCUT2D eigenvalue weighted by molar-refractivity contribution is 0.306. The van der Waals surface area contributed by atoms with Crippen molar-refractivity contribution in [2.75, 3.05) is 13.6 Å². The quantitative estimate of drug-likeness (QED) is 0.424. The van der Waals surface area contributed by atoms with E-state index >= 15 is 0 Å². The molecule has 0 bridgehead atoms. The lowest BCUT2D eigenvalue weighted by Gasteiger charge is -2.15. The number of rotatable bonds is 7. The van der Waals surface area contributed by atoms with E-state index in [1.54, 1.807) is 0 Å². The van der Waals surface area contributed by atoms with Crippen molar-refractivity contribution in [1.29, 1.82) is 0 Å². The molecule has 0 fully saturated rings. The summed E-state index contributed by atoms with van der Waals surface area (Å²) in [6, 6.07) is 23.2. The number of allylic oxidation sites excluding steroid dienone is 1. The van der Waals surface area contributed by atoms with Gasteiger partial charge in [0.1, 0.15) is 12.4 Å². The first-order valence-corrected chi connectivity index (χ1v) is 10.5. The Hall–Kier alpha value is -3.02. The number of hydrogen-bond acceptors (Lipinski definition) is 2. The molecule has 0 unspecified atom stereocenters. The third kappa shape index (κ3) is 6.79. The van der Waals surface area contributed by atoms with E-state index in [0.717, 1.165) is 18.8 Å². The highest BCUT2D eigenvalue weighted by molar-refractivity contribution is 5.85. The van der Waals surface area contributed by atoms with E-state index in [4.69, 9.17) is 4.74 Å². The van der Waals surface area contributed by atoms with Crippen LogP contribution in [0.25, 0.3) is 10.8 Å². The first-order chi connectivity index (χ1) is 14.4. The Kier molecular flexibility index (Phi) is 7.33. The fourth-order valence-corrected chi connectivity index (χ4v) is 3.24. The molecule has 2 nitrogen and oxygen atoms in total. The van der Waals surface area contributed by atoms with Gasteiger partial charge in [-0.3, -0.25) is 4.90 Å². The molecule has 0 N–H and O–H groups in total. The number of fused-ring (bicyclic) bond motifs is 1. The van der Waals surface area contributed by atoms with Gasteiger partial charge in [-0.05, 0) is 67.9 Å². The lowest BCUT2D eigenvalue weighted by atomic mass is 9.98. The highest BCUT2D eigenvalue weighted by Gasteiger charge is 2.04. The van der Waals surface area contributed by atoms with Crippen molar-refractivity contribution in [2.45, 2.75) is 33.9 Å². The van der Waals surface area contributed by atoms with E-state index in [1.165, 1.54) is 21.9 Å². The molecule has 0 saturated carbocycles. The van der Waals surface area contributed by atoms with Crippen molar-refractivity contribution in [2.24, 2.45) is 5.41 Å². The first kappa shape index (κ1) is 21.7. The van der Waals surface area contributed by atoms with Crippen LogP contribution in [0.4, 0.5) is 0 Å². The van der Waals surface area contributed by atoms with Gasteiger partial charge >= 0.3 is 0 Å². The monoisotopic (exact) mass is 397 g/mol. The lowest BCUT2D eigenvalue weighted by Crippen LogP contribution is -2.17. The zero-order chi connectivity index (χ0) is 21.4. The number of likely N-dealkylation sites (N-methyl/N-ethyl adjacent to an activating group) is 1. The minimum absolute atomic E-state index is 0.0444. The van der Waals surface area contributed by atoms with Crippen LogP contribution >= 0.6 is 0 Å². The molecule has 0 heterocycles. The Morgan fingerprint density at radius 2 is 1.73 bits per heavy atom. The van der Waals surface area contributed by atoms with Crippen LogP contribution in [-0.2, 0) is 13.2 Å². The molecule has 3 aromatic rings. The molecule has 0 aliphatic heterocycles. The Morgan fingerprint density at radius 3 is 2.57 bits per heavy atom. The molecule has 0 spiro atoms. The minimum atomic E-state index is 0.0444. The summed E-state index contributed by atoms with van der Waals surface area (Å²) in [4.78, 5) is 2.26. The fraction of sp³-hybridized carbons (Fsp3) is 0.286. The average Bonchev–Trinajstić information content (AvgIpc) is 2.71. The van der Waals surface area contributed by atoms with Crippen molar-refractivity contribution in [1.82, 2.24) is 4.90 Å². The van der Waals surface area contributed by atoms with Gasteiger partial charge in [0, 0.05) is 18.5 Å². The molecule has 3 rings (SSSR count). The third-order valence-corrected chi connectivity index (χ3v) is 4.69. The van der Waals surface area contributed by atoms with Crippen LogP contribution in [0.3, 0.4) is 0 Å². The van der Waals surface area contributed by atoms with E-state index in [1.807, 2.05) is 12.1 Å². The number of hydrogen-bond donors (Lipinski definition) is 0. The van der Waals surface area contributed by atoms with Crippen LogP contribution in [-0.4, -0.2) is 18.5 Å². The fourth-order valence-electron chi connectivity index (χ4n) is 3.24. The second kappa shape index (κ2) is 10.1. The first-order valence-electron chi connectivity index (χ1n) is 10.5. The van der Waals surface area contributed by atoms with E-state index in [2.05, 4.69) is 111 Å². The Balaban J connectivity index is 1.56. The Morgan fingerprint density at radius 1 is 0.967 bits per heavy atom. The molecule has 3 aromatic carbocycles. The van der Waals surface area contributed by atoms with Gasteiger partial charge in [0.25, 0.3) is 0 Å². The van der Waals surface area contributed by atoms with Crippen molar-refractivity contribution in [3.63, 3.8) is 0 Å². The smallest absolute Gasteiger partial charge is 0.120 e. The van der Waals surface area contributed by atoms with E-state index in [0.29, 0.717) is 6.61 Å². The molecule has 0 amide bonds. The predicted octanol–water partition coefficient (Wildman–Crippen LogP) is 6.46. The number of ether oxygens (including phenoxy) is 1. The summed E-state index contributed by atoms with van der Waals surface area (Å²) in [6.07, 6.45) is 4.06. The molecule has 0 atom stereocenters. The van der Waals surface area contributed by atoms with Gasteiger partial charge in [-0.25, -0.2) is 0 Å². The highest BCUT2D eigenvalue weighted by Crippen LogP contribution is 2.21. The summed E-state index contributed by atoms with van der Waals surface area (Å²) >= 11 is 0. The molecule has 0 aromatic heterocycles. The summed E-state index contributed by atoms with van der Waals surface area (Å²) in [6.45, 7) is 8.65. The third-order valence-electron chi connectivity index (χ3n) is 4.69. The molecule has 2 heteroatoms. The molecule has 0 radical (unpaired) electrons. The summed E-state index contributed by atoms with van der Waals surface area (Å²) in [5.41, 5.74) is 2.49. The van der Waals surface area contributed by atoms with Crippen molar-refractivity contribution in [3.05, 3.63) is 90.0 Å². The van der Waals surface area contributed by atoms with Gasteiger partial charge < -0.3 is 4.74 Å². The maximum absolute atomic E-state index is 6.12. The van der Waals surface area contributed by atoms with E-state index in [9.17, 15) is 0 Å². The van der Waals surface area contributed by atoms with Crippen LogP contribution in [0.5, 0.6) is 5.75 Å². The van der Waals surface area contributed by atoms with Gasteiger partial charge in [-0.15, -0.1) is 0 Å². The van der Waals surface area contributed by atoms with Crippen LogP contribution in [0.1, 0.15) is 31.9 Å². The van der Waals surface area contributed by atoms with E-state index < -0.39 is 0 Å². The SMILES string of the molecule is CN(C/C=C\C#CC(C)(C)C)Cc1cccc(OCc2cccc3ccccc23)c1. The average molecular weight is 398 g/mol. The largest absolute Gasteiger partial charge is 0.489 e. The summed E-state index contributed by atoms with van der Waals surface area (Å²) in [7, 11) is 2.12. The van der Waals surface area contributed by atoms with Gasteiger partial charge in [0.2, 0.25) is 0 Å². The molecule has 0 saturated heterocycles. The molecule has 30 heavy (non-hydrogen) atoms. The Labute approximate surface area is 181 Å². The molecule has 154 valence electrons. The van der Waals surface area contributed by atoms with Crippen LogP contribution in [0.2, 0.25) is 0 Å². The molecular formula is C28H31NO. The topological polar surface area (TPSA) is 12.5 Å². The van der Waals surface area contributed by atoms with Gasteiger partial charge in [-0.1, -0.05) is 72.5 Å². The van der Waals surface area contributed by atoms with Crippen molar-refractivity contribution in [3.8, 4) is 17.6 Å². The van der Waals surface area contributed by atoms with Gasteiger partial charge in [0.05, 0.1) is 0 Å². The van der Waals surface area contributed by atoms with Crippen molar-refractivity contribution >= 4 is 10.8 Å². The second-order valence-corrected chi connectivity index (χ2v) is 8.69. The summed E-state index contributed by atoms with van der Waals surface area (Å²) in [5.74, 6) is 7.24. The highest BCUT2D eigenvalue weighted by atomic mass is 16.5. The van der Waals surface area contributed by atoms with Crippen LogP contribution in [0, 0.1) is 17.3 Å². The summed E-state index contributed by atoms with van der Waals surface area (Å²) < 4.78 is 6.12. The minimum Gasteiger partial charge on any atom is -0.489 e. The molecule has 0 aliphatic rings. The molecule has 0 aliphatic carbocycles. The number of benzene rings is 3. The standard InChI is InChI=1S/C28H31NO/c1-28(2,3)18-8-5-9-19-29(4)21-23-12-10-16-26(20-23)30-22-25-15-11-14-24-13-6-7-17-27(24)25/h5-7,9-17,20H,19,21-22H2,1-4H3/b9-5-. The normalized spacial score (nSPS) is 11.6. The van der Waals surface area contributed by atoms with E-state index in [-0.39, 0.29) is 5.41 Å². The van der Waals surface area contributed by atoms with Crippen LogP contribution in [0.15, 0.2) is 78.9 Å². The predicted molar refractivity (Wildman–Crippen MR) is 127 cm³/mol. The van der Waals surface area contributed by atoms with Gasteiger partial charge in [-0.2, -0.15) is 0 Å². The maximum Gasteiger partial charge on any atom is 0.120 e. The van der Waals surface area contributed by atoms with Crippen LogP contribution < -0.4 is 4.74 Å². The zero-order valence-corrected chi connectivity index (χ0v) is 18.5. The summed E-state index contributed by atoms with van der Waals surface area (Å²) in [5, 5.41) is 2.49. The van der Waals surface area contributed by atoms with Crippen molar-refractivity contribution < 1.29 is 4.74 Å². The molecular weight excluding hydrogens is 366 g/mol. The zero-order valence-electron chi connectivity index (χ0n) is 18.5. The Bertz CT molecular complexity index is 1060.